The molecule has 172 valence electrons. The van der Waals surface area contributed by atoms with Crippen molar-refractivity contribution in [3.63, 3.8) is 0 Å². The van der Waals surface area contributed by atoms with Gasteiger partial charge in [0.05, 0.1) is 16.7 Å². The minimum atomic E-state index is -0.144. The van der Waals surface area contributed by atoms with E-state index in [9.17, 15) is 9.59 Å². The second-order valence-corrected chi connectivity index (χ2v) is 8.99. The number of fused-ring (bicyclic) bond motifs is 2. The van der Waals surface area contributed by atoms with Gasteiger partial charge in [0.1, 0.15) is 0 Å². The molecule has 1 amide bonds. The molecular formula is C24H25ClN4O3S. The van der Waals surface area contributed by atoms with Gasteiger partial charge in [0, 0.05) is 48.9 Å². The van der Waals surface area contributed by atoms with Crippen LogP contribution < -0.4 is 10.9 Å². The molecule has 7 nitrogen and oxygen atoms in total. The van der Waals surface area contributed by atoms with E-state index in [-0.39, 0.29) is 17.2 Å². The first-order valence-corrected chi connectivity index (χ1v) is 12.1. The third-order valence-corrected chi connectivity index (χ3v) is 6.55. The molecule has 0 bridgehead atoms. The lowest BCUT2D eigenvalue weighted by molar-refractivity contribution is -0.118. The molecule has 2 aromatic carbocycles. The van der Waals surface area contributed by atoms with Crippen molar-refractivity contribution >= 4 is 51.1 Å². The number of ether oxygens (including phenoxy) is 1. The Bertz CT molecular complexity index is 1330. The van der Waals surface area contributed by atoms with Gasteiger partial charge in [0.15, 0.2) is 5.16 Å². The molecule has 0 aliphatic rings. The molecule has 0 saturated heterocycles. The summed E-state index contributed by atoms with van der Waals surface area (Å²) in [5.74, 6) is 0.0557. The first-order valence-electron chi connectivity index (χ1n) is 10.7. The number of benzene rings is 2. The standard InChI is InChI=1S/C24H25ClN4O3S/c1-32-12-4-11-29-23(31)19-8-7-17(25)13-21(19)28-24(29)33-15-22(30)26-10-9-16-14-27-20-6-3-2-5-18(16)20/h2-3,5-8,13-14,27H,4,9-12,15H2,1H3,(H,26,30). The maximum atomic E-state index is 13.0. The summed E-state index contributed by atoms with van der Waals surface area (Å²) < 4.78 is 6.73. The van der Waals surface area contributed by atoms with Gasteiger partial charge in [-0.1, -0.05) is 41.6 Å². The van der Waals surface area contributed by atoms with Crippen molar-refractivity contribution in [2.24, 2.45) is 0 Å². The van der Waals surface area contributed by atoms with Gasteiger partial charge >= 0.3 is 0 Å². The van der Waals surface area contributed by atoms with Crippen molar-refractivity contribution in [2.45, 2.75) is 24.5 Å². The van der Waals surface area contributed by atoms with Crippen LogP contribution in [0.25, 0.3) is 21.8 Å². The molecule has 0 saturated carbocycles. The van der Waals surface area contributed by atoms with Gasteiger partial charge in [0.25, 0.3) is 5.56 Å². The lowest BCUT2D eigenvalue weighted by atomic mass is 10.1. The fourth-order valence-electron chi connectivity index (χ4n) is 3.70. The number of para-hydroxylation sites is 1. The number of hydrogen-bond donors (Lipinski definition) is 2. The molecule has 0 fully saturated rings. The predicted octanol–water partition coefficient (Wildman–Crippen LogP) is 4.02. The molecular weight excluding hydrogens is 460 g/mol. The molecule has 2 N–H and O–H groups in total. The molecule has 4 rings (SSSR count). The number of nitrogens with one attached hydrogen (secondary N) is 2. The Morgan fingerprint density at radius 3 is 2.94 bits per heavy atom. The van der Waals surface area contributed by atoms with Crippen molar-refractivity contribution < 1.29 is 9.53 Å². The zero-order valence-corrected chi connectivity index (χ0v) is 19.8. The number of rotatable bonds is 10. The summed E-state index contributed by atoms with van der Waals surface area (Å²) >= 11 is 7.34. The van der Waals surface area contributed by atoms with Crippen molar-refractivity contribution in [1.82, 2.24) is 19.9 Å². The molecule has 33 heavy (non-hydrogen) atoms. The smallest absolute Gasteiger partial charge is 0.262 e. The van der Waals surface area contributed by atoms with Gasteiger partial charge in [0.2, 0.25) is 5.91 Å². The number of halogens is 1. The number of carbonyl (C=O) groups is 1. The predicted molar refractivity (Wildman–Crippen MR) is 133 cm³/mol. The number of nitrogens with zero attached hydrogens (tertiary/aromatic N) is 2. The van der Waals surface area contributed by atoms with Crippen LogP contribution in [0.15, 0.2) is 58.6 Å². The van der Waals surface area contributed by atoms with E-state index >= 15 is 0 Å². The fraction of sp³-hybridized carbons (Fsp3) is 0.292. The Labute approximate surface area is 200 Å². The van der Waals surface area contributed by atoms with Crippen LogP contribution in [0, 0.1) is 0 Å². The summed E-state index contributed by atoms with van der Waals surface area (Å²) in [4.78, 5) is 33.4. The van der Waals surface area contributed by atoms with E-state index in [0.29, 0.717) is 47.2 Å². The van der Waals surface area contributed by atoms with Gasteiger partial charge in [-0.25, -0.2) is 4.98 Å². The maximum Gasteiger partial charge on any atom is 0.262 e. The normalized spacial score (nSPS) is 11.3. The monoisotopic (exact) mass is 484 g/mol. The molecule has 0 spiro atoms. The Kier molecular flexibility index (Phi) is 7.69. The Hall–Kier alpha value is -2.81. The molecule has 0 radical (unpaired) electrons. The summed E-state index contributed by atoms with van der Waals surface area (Å²) in [6.45, 7) is 1.52. The molecule has 0 unspecified atom stereocenters. The summed E-state index contributed by atoms with van der Waals surface area (Å²) in [7, 11) is 1.62. The van der Waals surface area contributed by atoms with Crippen molar-refractivity contribution in [2.75, 3.05) is 26.0 Å². The van der Waals surface area contributed by atoms with Crippen LogP contribution in [-0.4, -0.2) is 46.5 Å². The van der Waals surface area contributed by atoms with Crippen molar-refractivity contribution in [3.05, 3.63) is 69.6 Å². The van der Waals surface area contributed by atoms with Crippen molar-refractivity contribution in [1.29, 1.82) is 0 Å². The summed E-state index contributed by atoms with van der Waals surface area (Å²) in [5, 5.41) is 5.64. The van der Waals surface area contributed by atoms with E-state index in [1.165, 1.54) is 22.7 Å². The number of aromatic nitrogens is 3. The van der Waals surface area contributed by atoms with Crippen LogP contribution in [0.4, 0.5) is 0 Å². The molecule has 4 aromatic rings. The SMILES string of the molecule is COCCCn1c(SCC(=O)NCCc2c[nH]c3ccccc23)nc2cc(Cl)ccc2c1=O. The summed E-state index contributed by atoms with van der Waals surface area (Å²) in [6, 6.07) is 13.1. The lowest BCUT2D eigenvalue weighted by Crippen LogP contribution is -2.28. The van der Waals surface area contributed by atoms with Crippen molar-refractivity contribution in [3.8, 4) is 0 Å². The zero-order chi connectivity index (χ0) is 23.2. The number of carbonyl (C=O) groups excluding carboxylic acids is 1. The first-order chi connectivity index (χ1) is 16.1. The third kappa shape index (κ3) is 5.58. The lowest BCUT2D eigenvalue weighted by Gasteiger charge is -2.13. The van der Waals surface area contributed by atoms with Gasteiger partial charge in [-0.2, -0.15) is 0 Å². The van der Waals surface area contributed by atoms with E-state index in [2.05, 4.69) is 21.4 Å². The highest BCUT2D eigenvalue weighted by Crippen LogP contribution is 2.21. The van der Waals surface area contributed by atoms with Crippen LogP contribution in [0.1, 0.15) is 12.0 Å². The van der Waals surface area contributed by atoms with Crippen LogP contribution in [0.3, 0.4) is 0 Å². The van der Waals surface area contributed by atoms with E-state index in [4.69, 9.17) is 16.3 Å². The van der Waals surface area contributed by atoms with E-state index in [1.807, 2.05) is 24.4 Å². The fourth-order valence-corrected chi connectivity index (χ4v) is 4.73. The van der Waals surface area contributed by atoms with Crippen LogP contribution >= 0.6 is 23.4 Å². The molecule has 0 aliphatic heterocycles. The van der Waals surface area contributed by atoms with Crippen LogP contribution in [0.2, 0.25) is 5.02 Å². The highest BCUT2D eigenvalue weighted by Gasteiger charge is 2.14. The van der Waals surface area contributed by atoms with Crippen LogP contribution in [0.5, 0.6) is 0 Å². The molecule has 0 atom stereocenters. The molecule has 9 heteroatoms. The molecule has 0 aliphatic carbocycles. The highest BCUT2D eigenvalue weighted by molar-refractivity contribution is 7.99. The van der Waals surface area contributed by atoms with E-state index < -0.39 is 0 Å². The molecule has 2 heterocycles. The third-order valence-electron chi connectivity index (χ3n) is 5.34. The largest absolute Gasteiger partial charge is 0.385 e. The molecule has 2 aromatic heterocycles. The zero-order valence-electron chi connectivity index (χ0n) is 18.3. The van der Waals surface area contributed by atoms with Gasteiger partial charge in [-0.3, -0.25) is 14.2 Å². The average Bonchev–Trinajstić information content (AvgIpc) is 3.22. The quantitative estimate of drug-likeness (QED) is 0.201. The Morgan fingerprint density at radius 2 is 2.09 bits per heavy atom. The Balaban J connectivity index is 1.42. The summed E-state index contributed by atoms with van der Waals surface area (Å²) in [5.41, 5.74) is 2.63. The number of aromatic amines is 1. The number of methoxy groups -OCH3 is 1. The number of H-pyrrole nitrogens is 1. The van der Waals surface area contributed by atoms with E-state index in [1.54, 1.807) is 29.9 Å². The maximum absolute atomic E-state index is 13.0. The topological polar surface area (TPSA) is 89.0 Å². The summed E-state index contributed by atoms with van der Waals surface area (Å²) in [6.07, 6.45) is 3.38. The van der Waals surface area contributed by atoms with Gasteiger partial charge < -0.3 is 15.0 Å². The first kappa shape index (κ1) is 23.4. The van der Waals surface area contributed by atoms with Gasteiger partial charge in [-0.15, -0.1) is 0 Å². The number of thioether (sulfide) groups is 1. The van der Waals surface area contributed by atoms with E-state index in [0.717, 1.165) is 11.9 Å². The number of hydrogen-bond acceptors (Lipinski definition) is 5. The van der Waals surface area contributed by atoms with Gasteiger partial charge in [-0.05, 0) is 42.7 Å². The Morgan fingerprint density at radius 1 is 1.24 bits per heavy atom. The minimum Gasteiger partial charge on any atom is -0.385 e. The number of amides is 1. The second kappa shape index (κ2) is 10.9. The highest BCUT2D eigenvalue weighted by atomic mass is 35.5. The minimum absolute atomic E-state index is 0.108. The average molecular weight is 485 g/mol. The second-order valence-electron chi connectivity index (χ2n) is 7.61. The van der Waals surface area contributed by atoms with Crippen LogP contribution in [-0.2, 0) is 22.5 Å².